The number of hydrogen-bond acceptors (Lipinski definition) is 2. The Morgan fingerprint density at radius 1 is 1.29 bits per heavy atom. The summed E-state index contributed by atoms with van der Waals surface area (Å²) in [5.74, 6) is -2.57. The van der Waals surface area contributed by atoms with Crippen LogP contribution in [0.3, 0.4) is 0 Å². The van der Waals surface area contributed by atoms with Gasteiger partial charge in [-0.3, -0.25) is 0 Å². The van der Waals surface area contributed by atoms with Gasteiger partial charge in [0.1, 0.15) is 0 Å². The van der Waals surface area contributed by atoms with Crippen molar-refractivity contribution in [3.8, 4) is 0 Å². The molecule has 0 aromatic carbocycles. The van der Waals surface area contributed by atoms with E-state index in [1.165, 1.54) is 0 Å². The van der Waals surface area contributed by atoms with Crippen LogP contribution in [0.2, 0.25) is 0 Å². The Bertz CT molecular complexity index is 339. The molecule has 1 saturated heterocycles. The van der Waals surface area contributed by atoms with Gasteiger partial charge >= 0.3 is 7.12 Å². The molecule has 0 aromatic heterocycles. The van der Waals surface area contributed by atoms with E-state index in [0.717, 1.165) is 5.47 Å². The van der Waals surface area contributed by atoms with E-state index in [1.807, 2.05) is 20.8 Å². The highest BCUT2D eigenvalue weighted by molar-refractivity contribution is 7.19. The lowest BCUT2D eigenvalue weighted by Gasteiger charge is -2.32. The van der Waals surface area contributed by atoms with Crippen molar-refractivity contribution in [2.75, 3.05) is 0 Å². The Morgan fingerprint density at radius 3 is 2.35 bits per heavy atom. The van der Waals surface area contributed by atoms with Gasteiger partial charge in [-0.15, -0.1) is 9.24 Å². The minimum absolute atomic E-state index is 0.115. The summed E-state index contributed by atoms with van der Waals surface area (Å²) in [4.78, 5) is 0. The van der Waals surface area contributed by atoms with Crippen molar-refractivity contribution in [1.29, 1.82) is 0 Å². The molecule has 1 aliphatic heterocycles. The van der Waals surface area contributed by atoms with Crippen LogP contribution in [0.1, 0.15) is 40.0 Å². The fourth-order valence-electron chi connectivity index (χ4n) is 1.95. The van der Waals surface area contributed by atoms with Gasteiger partial charge in [0.05, 0.1) is 10.9 Å². The first kappa shape index (κ1) is 13.4. The summed E-state index contributed by atoms with van der Waals surface area (Å²) < 4.78 is 37.7. The van der Waals surface area contributed by atoms with E-state index in [-0.39, 0.29) is 12.8 Å². The second-order valence-corrected chi connectivity index (χ2v) is 6.63. The number of allylic oxidation sites excluding steroid dienone is 2. The normalized spacial score (nSPS) is 35.9. The van der Waals surface area contributed by atoms with Crippen molar-refractivity contribution in [3.05, 3.63) is 11.5 Å². The molecule has 0 N–H and O–H groups in total. The molecule has 1 aliphatic carbocycles. The SMILES string of the molecule is CC1(C)OB(C2=CCC(F)(F)CC2)OC1(C)P. The zero-order valence-electron chi connectivity index (χ0n) is 10.4. The molecule has 96 valence electrons. The fourth-order valence-corrected chi connectivity index (χ4v) is 2.14. The first-order chi connectivity index (χ1) is 7.63. The molecule has 1 fully saturated rings. The van der Waals surface area contributed by atoms with E-state index in [0.29, 0.717) is 6.42 Å². The third kappa shape index (κ3) is 2.57. The Kier molecular flexibility index (Phi) is 3.17. The van der Waals surface area contributed by atoms with Crippen LogP contribution < -0.4 is 0 Å². The lowest BCUT2D eigenvalue weighted by atomic mass is 9.72. The highest BCUT2D eigenvalue weighted by atomic mass is 31.0. The third-order valence-corrected chi connectivity index (χ3v) is 4.53. The van der Waals surface area contributed by atoms with E-state index < -0.39 is 24.0 Å². The summed E-state index contributed by atoms with van der Waals surface area (Å²) in [5, 5.41) is -0.488. The maximum Gasteiger partial charge on any atom is 0.490 e. The molecule has 2 rings (SSSR count). The lowest BCUT2D eigenvalue weighted by molar-refractivity contribution is -0.00821. The van der Waals surface area contributed by atoms with Crippen molar-refractivity contribution < 1.29 is 18.1 Å². The number of halogens is 2. The first-order valence-corrected chi connectivity index (χ1v) is 6.42. The van der Waals surface area contributed by atoms with Crippen molar-refractivity contribution in [2.24, 2.45) is 0 Å². The molecular weight excluding hydrogens is 244 g/mol. The molecule has 0 bridgehead atoms. The maximum absolute atomic E-state index is 13.0. The second kappa shape index (κ2) is 4.01. The number of alkyl halides is 2. The minimum atomic E-state index is -2.57. The highest BCUT2D eigenvalue weighted by Crippen LogP contribution is 2.45. The van der Waals surface area contributed by atoms with E-state index >= 15 is 0 Å². The van der Waals surface area contributed by atoms with Crippen molar-refractivity contribution in [3.63, 3.8) is 0 Å². The largest absolute Gasteiger partial charge is 0.490 e. The van der Waals surface area contributed by atoms with Crippen LogP contribution in [0.25, 0.3) is 0 Å². The topological polar surface area (TPSA) is 18.5 Å². The van der Waals surface area contributed by atoms with Crippen LogP contribution in [0.4, 0.5) is 8.78 Å². The van der Waals surface area contributed by atoms with Gasteiger partial charge in [0.2, 0.25) is 0 Å². The number of hydrogen-bond donors (Lipinski definition) is 0. The molecule has 2 atom stereocenters. The zero-order chi connectivity index (χ0) is 12.9. The average Bonchev–Trinajstić information content (AvgIpc) is 2.35. The Morgan fingerprint density at radius 2 is 1.94 bits per heavy atom. The smallest absolute Gasteiger partial charge is 0.399 e. The van der Waals surface area contributed by atoms with Crippen LogP contribution in [0, 0.1) is 0 Å². The summed E-state index contributed by atoms with van der Waals surface area (Å²) in [6, 6.07) is 0. The van der Waals surface area contributed by atoms with Gasteiger partial charge in [-0.1, -0.05) is 6.08 Å². The molecule has 17 heavy (non-hydrogen) atoms. The summed E-state index contributed by atoms with van der Waals surface area (Å²) >= 11 is 0. The molecule has 1 heterocycles. The Balaban J connectivity index is 2.10. The van der Waals surface area contributed by atoms with E-state index in [2.05, 4.69) is 9.24 Å². The molecular formula is C11H18BF2O2P. The molecule has 2 aliphatic rings. The minimum Gasteiger partial charge on any atom is -0.399 e. The van der Waals surface area contributed by atoms with Gasteiger partial charge in [-0.05, 0) is 32.7 Å². The Hall–Kier alpha value is 0.0149. The monoisotopic (exact) mass is 262 g/mol. The molecule has 0 amide bonds. The molecule has 0 saturated carbocycles. The Labute approximate surface area is 103 Å². The first-order valence-electron chi connectivity index (χ1n) is 5.84. The average molecular weight is 262 g/mol. The van der Waals surface area contributed by atoms with Crippen LogP contribution in [-0.2, 0) is 9.31 Å². The summed E-state index contributed by atoms with van der Waals surface area (Å²) in [5.41, 5.74) is 0.401. The van der Waals surface area contributed by atoms with Crippen LogP contribution in [0.15, 0.2) is 11.5 Å². The van der Waals surface area contributed by atoms with Crippen LogP contribution in [-0.4, -0.2) is 24.0 Å². The molecule has 2 nitrogen and oxygen atoms in total. The highest BCUT2D eigenvalue weighted by Gasteiger charge is 2.53. The van der Waals surface area contributed by atoms with Gasteiger partial charge in [0.15, 0.2) is 0 Å². The summed E-state index contributed by atoms with van der Waals surface area (Å²) in [6.45, 7) is 5.81. The van der Waals surface area contributed by atoms with Crippen molar-refractivity contribution in [2.45, 2.75) is 56.9 Å². The van der Waals surface area contributed by atoms with Crippen molar-refractivity contribution >= 4 is 16.4 Å². The van der Waals surface area contributed by atoms with E-state index in [9.17, 15) is 8.78 Å². The number of rotatable bonds is 1. The van der Waals surface area contributed by atoms with Gasteiger partial charge in [-0.2, -0.15) is 0 Å². The summed E-state index contributed by atoms with van der Waals surface area (Å²) in [7, 11) is 2.15. The quantitative estimate of drug-likeness (QED) is 0.533. The lowest BCUT2D eigenvalue weighted by Crippen LogP contribution is -2.38. The van der Waals surface area contributed by atoms with Gasteiger partial charge in [0, 0.05) is 12.8 Å². The standard InChI is InChI=1S/C11H18BF2O2P/c1-9(2)10(3,17)16-12(15-9)8-4-6-11(13,14)7-5-8/h4H,5-7,17H2,1-3H3. The molecule has 2 unspecified atom stereocenters. The third-order valence-electron chi connectivity index (χ3n) is 3.69. The maximum atomic E-state index is 13.0. The predicted molar refractivity (Wildman–Crippen MR) is 67.0 cm³/mol. The van der Waals surface area contributed by atoms with E-state index in [1.54, 1.807) is 6.08 Å². The zero-order valence-corrected chi connectivity index (χ0v) is 11.6. The van der Waals surface area contributed by atoms with Gasteiger partial charge in [0.25, 0.3) is 5.92 Å². The summed E-state index contributed by atoms with van der Waals surface area (Å²) in [6.07, 6.45) is 1.58. The molecule has 6 heteroatoms. The predicted octanol–water partition coefficient (Wildman–Crippen LogP) is 3.18. The van der Waals surface area contributed by atoms with Crippen molar-refractivity contribution in [1.82, 2.24) is 0 Å². The second-order valence-electron chi connectivity index (χ2n) is 5.52. The van der Waals surface area contributed by atoms with Gasteiger partial charge in [-0.25, -0.2) is 8.78 Å². The van der Waals surface area contributed by atoms with Crippen LogP contribution >= 0.6 is 9.24 Å². The molecule has 0 spiro atoms. The van der Waals surface area contributed by atoms with Gasteiger partial charge < -0.3 is 9.31 Å². The fraction of sp³-hybridized carbons (Fsp3) is 0.818. The van der Waals surface area contributed by atoms with E-state index in [4.69, 9.17) is 9.31 Å². The molecule has 0 radical (unpaired) electrons. The van der Waals surface area contributed by atoms with Crippen LogP contribution in [0.5, 0.6) is 0 Å². The molecule has 0 aromatic rings.